The highest BCUT2D eigenvalue weighted by Crippen LogP contribution is 2.33. The van der Waals surface area contributed by atoms with Gasteiger partial charge in [0.1, 0.15) is 17.3 Å². The van der Waals surface area contributed by atoms with Gasteiger partial charge in [0.2, 0.25) is 5.91 Å². The molecular weight excluding hydrogens is 449 g/mol. The Bertz CT molecular complexity index is 1170. The van der Waals surface area contributed by atoms with Crippen molar-refractivity contribution in [2.75, 3.05) is 37.9 Å². The first-order chi connectivity index (χ1) is 17.0. The molecule has 1 saturated heterocycles. The number of rotatable bonds is 6. The summed E-state index contributed by atoms with van der Waals surface area (Å²) >= 11 is 0. The number of piperidine rings is 1. The zero-order valence-corrected chi connectivity index (χ0v) is 19.7. The Kier molecular flexibility index (Phi) is 7.50. The number of anilines is 2. The maximum absolute atomic E-state index is 13.3. The summed E-state index contributed by atoms with van der Waals surface area (Å²) in [6.07, 6.45) is 0.592. The molecule has 2 atom stereocenters. The van der Waals surface area contributed by atoms with Gasteiger partial charge in [0.05, 0.1) is 25.8 Å². The second-order valence-corrected chi connectivity index (χ2v) is 8.44. The van der Waals surface area contributed by atoms with Gasteiger partial charge >= 0.3 is 6.03 Å². The van der Waals surface area contributed by atoms with E-state index in [1.165, 1.54) is 31.4 Å². The smallest absolute Gasteiger partial charge is 0.321 e. The predicted molar refractivity (Wildman–Crippen MR) is 132 cm³/mol. The van der Waals surface area contributed by atoms with Gasteiger partial charge in [0.15, 0.2) is 0 Å². The van der Waals surface area contributed by atoms with Crippen molar-refractivity contribution in [2.24, 2.45) is 5.92 Å². The van der Waals surface area contributed by atoms with E-state index in [9.17, 15) is 14.0 Å². The number of hydrogen-bond donors (Lipinski definition) is 2. The Morgan fingerprint density at radius 3 is 2.34 bits per heavy atom. The number of benzene rings is 3. The second kappa shape index (κ2) is 10.9. The van der Waals surface area contributed by atoms with Crippen molar-refractivity contribution < 1.29 is 23.5 Å². The van der Waals surface area contributed by atoms with Crippen molar-refractivity contribution in [1.82, 2.24) is 4.90 Å². The second-order valence-electron chi connectivity index (χ2n) is 8.44. The third-order valence-electron chi connectivity index (χ3n) is 6.14. The fraction of sp³-hybridized carbons (Fsp3) is 0.259. The molecule has 0 saturated carbocycles. The monoisotopic (exact) mass is 477 g/mol. The number of likely N-dealkylation sites (tertiary alicyclic amines) is 1. The molecule has 0 aromatic heterocycles. The van der Waals surface area contributed by atoms with Crippen LogP contribution in [-0.2, 0) is 4.79 Å². The van der Waals surface area contributed by atoms with Gasteiger partial charge in [-0.05, 0) is 48.4 Å². The fourth-order valence-electron chi connectivity index (χ4n) is 4.29. The Balaban J connectivity index is 1.54. The molecule has 1 heterocycles. The molecule has 0 unspecified atom stereocenters. The van der Waals surface area contributed by atoms with Gasteiger partial charge in [-0.1, -0.05) is 30.3 Å². The minimum absolute atomic E-state index is 0.0163. The third kappa shape index (κ3) is 5.90. The Hall–Kier alpha value is -4.07. The Morgan fingerprint density at radius 2 is 1.66 bits per heavy atom. The summed E-state index contributed by atoms with van der Waals surface area (Å²) in [6, 6.07) is 20.3. The van der Waals surface area contributed by atoms with Crippen LogP contribution in [0, 0.1) is 11.7 Å². The summed E-state index contributed by atoms with van der Waals surface area (Å²) in [4.78, 5) is 28.1. The molecule has 0 radical (unpaired) electrons. The van der Waals surface area contributed by atoms with E-state index in [2.05, 4.69) is 10.6 Å². The van der Waals surface area contributed by atoms with Crippen molar-refractivity contribution in [1.29, 1.82) is 0 Å². The molecule has 3 amide bonds. The van der Waals surface area contributed by atoms with Gasteiger partial charge in [0, 0.05) is 30.8 Å². The molecule has 4 rings (SSSR count). The quantitative estimate of drug-likeness (QED) is 0.517. The van der Waals surface area contributed by atoms with E-state index in [-0.39, 0.29) is 30.2 Å². The van der Waals surface area contributed by atoms with Crippen LogP contribution in [0.4, 0.5) is 20.6 Å². The van der Waals surface area contributed by atoms with Gasteiger partial charge < -0.3 is 25.0 Å². The number of nitrogens with one attached hydrogen (secondary N) is 2. The molecule has 0 spiro atoms. The lowest BCUT2D eigenvalue weighted by molar-refractivity contribution is -0.121. The minimum Gasteiger partial charge on any atom is -0.497 e. The third-order valence-corrected chi connectivity index (χ3v) is 6.14. The van der Waals surface area contributed by atoms with E-state index in [1.807, 2.05) is 30.3 Å². The van der Waals surface area contributed by atoms with Crippen LogP contribution < -0.4 is 20.1 Å². The maximum atomic E-state index is 13.3. The van der Waals surface area contributed by atoms with Crippen LogP contribution in [0.5, 0.6) is 11.5 Å². The number of methoxy groups -OCH3 is 2. The van der Waals surface area contributed by atoms with E-state index in [1.54, 1.807) is 30.2 Å². The molecule has 0 bridgehead atoms. The van der Waals surface area contributed by atoms with Gasteiger partial charge in [0.25, 0.3) is 0 Å². The number of urea groups is 1. The first-order valence-corrected chi connectivity index (χ1v) is 11.4. The molecule has 0 aliphatic carbocycles. The molecule has 1 aliphatic heterocycles. The van der Waals surface area contributed by atoms with Crippen LogP contribution >= 0.6 is 0 Å². The number of carbonyl (C=O) groups excluding carboxylic acids is 2. The van der Waals surface area contributed by atoms with E-state index < -0.39 is 5.92 Å². The van der Waals surface area contributed by atoms with Crippen molar-refractivity contribution >= 4 is 23.3 Å². The first-order valence-electron chi connectivity index (χ1n) is 11.4. The van der Waals surface area contributed by atoms with Gasteiger partial charge in [-0.15, -0.1) is 0 Å². The van der Waals surface area contributed by atoms with Crippen LogP contribution in [0.25, 0.3) is 0 Å². The summed E-state index contributed by atoms with van der Waals surface area (Å²) in [7, 11) is 3.09. The average Bonchev–Trinajstić information content (AvgIpc) is 2.90. The van der Waals surface area contributed by atoms with Crippen molar-refractivity contribution in [3.63, 3.8) is 0 Å². The summed E-state index contributed by atoms with van der Waals surface area (Å²) < 4.78 is 23.9. The Labute approximate surface area is 203 Å². The summed E-state index contributed by atoms with van der Waals surface area (Å²) in [5.74, 6) is 0.0611. The molecule has 1 aliphatic rings. The number of hydrogen-bond acceptors (Lipinski definition) is 4. The normalized spacial score (nSPS) is 17.4. The summed E-state index contributed by atoms with van der Waals surface area (Å²) in [6.45, 7) is 0.716. The van der Waals surface area contributed by atoms with Crippen LogP contribution in [0.3, 0.4) is 0 Å². The SMILES string of the molecule is COc1ccc(NC(=O)[C@@H]2C[C@H](c3ccccc3)CN(C(=O)Nc3ccc(F)cc3)C2)c(OC)c1. The minimum atomic E-state index is -0.445. The highest BCUT2D eigenvalue weighted by molar-refractivity contribution is 5.95. The van der Waals surface area contributed by atoms with Gasteiger partial charge in [-0.25, -0.2) is 9.18 Å². The Morgan fingerprint density at radius 1 is 0.914 bits per heavy atom. The van der Waals surface area contributed by atoms with Crippen LogP contribution in [-0.4, -0.2) is 44.1 Å². The number of halogens is 1. The molecule has 3 aromatic rings. The number of carbonyl (C=O) groups is 2. The summed E-state index contributed by atoms with van der Waals surface area (Å²) in [5.41, 5.74) is 2.08. The zero-order chi connectivity index (χ0) is 24.8. The van der Waals surface area contributed by atoms with E-state index in [0.717, 1.165) is 5.56 Å². The molecule has 3 aromatic carbocycles. The molecule has 1 fully saturated rings. The van der Waals surface area contributed by atoms with Crippen molar-refractivity contribution in [2.45, 2.75) is 12.3 Å². The van der Waals surface area contributed by atoms with Crippen LogP contribution in [0.2, 0.25) is 0 Å². The van der Waals surface area contributed by atoms with Crippen molar-refractivity contribution in [3.05, 3.63) is 84.2 Å². The number of ether oxygens (including phenoxy) is 2. The van der Waals surface area contributed by atoms with E-state index >= 15 is 0 Å². The largest absolute Gasteiger partial charge is 0.497 e. The highest BCUT2D eigenvalue weighted by atomic mass is 19.1. The van der Waals surface area contributed by atoms with E-state index in [4.69, 9.17) is 9.47 Å². The average molecular weight is 478 g/mol. The maximum Gasteiger partial charge on any atom is 0.321 e. The molecule has 182 valence electrons. The lowest BCUT2D eigenvalue weighted by Gasteiger charge is -2.37. The zero-order valence-electron chi connectivity index (χ0n) is 19.7. The molecule has 2 N–H and O–H groups in total. The summed E-state index contributed by atoms with van der Waals surface area (Å²) in [5, 5.41) is 5.76. The van der Waals surface area contributed by atoms with E-state index in [0.29, 0.717) is 35.8 Å². The lowest BCUT2D eigenvalue weighted by Crippen LogP contribution is -2.48. The fourth-order valence-corrected chi connectivity index (χ4v) is 4.29. The predicted octanol–water partition coefficient (Wildman–Crippen LogP) is 5.12. The first kappa shape index (κ1) is 24.1. The lowest BCUT2D eigenvalue weighted by atomic mass is 9.84. The number of nitrogens with zero attached hydrogens (tertiary/aromatic N) is 1. The topological polar surface area (TPSA) is 79.9 Å². The molecule has 8 heteroatoms. The van der Waals surface area contributed by atoms with Gasteiger partial charge in [-0.2, -0.15) is 0 Å². The molecule has 35 heavy (non-hydrogen) atoms. The van der Waals surface area contributed by atoms with Gasteiger partial charge in [-0.3, -0.25) is 4.79 Å². The van der Waals surface area contributed by atoms with Crippen LogP contribution in [0.1, 0.15) is 17.9 Å². The molecular formula is C27H28FN3O4. The van der Waals surface area contributed by atoms with Crippen molar-refractivity contribution in [3.8, 4) is 11.5 Å². The number of amides is 3. The van der Waals surface area contributed by atoms with Crippen LogP contribution in [0.15, 0.2) is 72.8 Å². The molecule has 7 nitrogen and oxygen atoms in total. The highest BCUT2D eigenvalue weighted by Gasteiger charge is 2.35. The standard InChI is InChI=1S/C27H28FN3O4/c1-34-23-12-13-24(25(15-23)35-2)30-26(32)20-14-19(18-6-4-3-5-7-18)16-31(17-20)27(33)29-22-10-8-21(28)9-11-22/h3-13,15,19-20H,14,16-17H2,1-2H3,(H,29,33)(H,30,32)/t19-,20+/m0/s1.